The SMILES string of the molecule is CC(=O)O.CCCCCCl. The lowest BCUT2D eigenvalue weighted by molar-refractivity contribution is -0.134. The summed E-state index contributed by atoms with van der Waals surface area (Å²) in [5.41, 5.74) is 0. The van der Waals surface area contributed by atoms with E-state index < -0.39 is 5.97 Å². The molecule has 0 saturated carbocycles. The van der Waals surface area contributed by atoms with Crippen LogP contribution in [0.2, 0.25) is 0 Å². The van der Waals surface area contributed by atoms with Gasteiger partial charge in [0.25, 0.3) is 5.97 Å². The van der Waals surface area contributed by atoms with Crippen molar-refractivity contribution in [3.05, 3.63) is 0 Å². The maximum atomic E-state index is 9.00. The number of halogens is 1. The first-order valence-corrected chi connectivity index (χ1v) is 3.94. The number of carbonyl (C=O) groups is 1. The number of aliphatic carboxylic acids is 1. The minimum atomic E-state index is -0.833. The largest absolute Gasteiger partial charge is 0.481 e. The highest BCUT2D eigenvalue weighted by molar-refractivity contribution is 6.17. The van der Waals surface area contributed by atoms with Crippen molar-refractivity contribution in [3.63, 3.8) is 0 Å². The van der Waals surface area contributed by atoms with Crippen molar-refractivity contribution in [3.8, 4) is 0 Å². The van der Waals surface area contributed by atoms with Crippen LogP contribution in [0.5, 0.6) is 0 Å². The van der Waals surface area contributed by atoms with Gasteiger partial charge in [-0.2, -0.15) is 0 Å². The molecule has 0 amide bonds. The van der Waals surface area contributed by atoms with E-state index in [9.17, 15) is 0 Å². The van der Waals surface area contributed by atoms with Crippen molar-refractivity contribution < 1.29 is 9.90 Å². The van der Waals surface area contributed by atoms with Gasteiger partial charge < -0.3 is 5.11 Å². The molecule has 0 aromatic rings. The van der Waals surface area contributed by atoms with Crippen molar-refractivity contribution >= 4 is 17.6 Å². The molecular weight excluding hydrogens is 152 g/mol. The van der Waals surface area contributed by atoms with Gasteiger partial charge in [0.15, 0.2) is 0 Å². The van der Waals surface area contributed by atoms with Crippen molar-refractivity contribution in [1.82, 2.24) is 0 Å². The van der Waals surface area contributed by atoms with E-state index in [-0.39, 0.29) is 0 Å². The molecule has 0 aliphatic carbocycles. The molecule has 2 nitrogen and oxygen atoms in total. The van der Waals surface area contributed by atoms with Gasteiger partial charge in [0.05, 0.1) is 0 Å². The van der Waals surface area contributed by atoms with Gasteiger partial charge in [0.2, 0.25) is 0 Å². The molecule has 0 aliphatic rings. The maximum Gasteiger partial charge on any atom is 0.300 e. The Balaban J connectivity index is 0. The Morgan fingerprint density at radius 2 is 1.90 bits per heavy atom. The molecular formula is C7H15ClO2. The van der Waals surface area contributed by atoms with Crippen molar-refractivity contribution in [1.29, 1.82) is 0 Å². The van der Waals surface area contributed by atoms with E-state index in [2.05, 4.69) is 6.92 Å². The van der Waals surface area contributed by atoms with Crippen LogP contribution in [0, 0.1) is 0 Å². The molecule has 3 heteroatoms. The maximum absolute atomic E-state index is 9.00. The fourth-order valence-corrected chi connectivity index (χ4v) is 0.533. The number of hydrogen-bond acceptors (Lipinski definition) is 1. The normalized spacial score (nSPS) is 7.90. The second-order valence-electron chi connectivity index (χ2n) is 1.92. The zero-order chi connectivity index (χ0) is 8.41. The standard InChI is InChI=1S/C5H11Cl.C2H4O2/c1-2-3-4-5-6;1-2(3)4/h2-5H2,1H3;1H3,(H,3,4). The van der Waals surface area contributed by atoms with Crippen molar-refractivity contribution in [2.24, 2.45) is 0 Å². The van der Waals surface area contributed by atoms with Crippen LogP contribution in [0.25, 0.3) is 0 Å². The first-order chi connectivity index (χ1) is 4.65. The van der Waals surface area contributed by atoms with E-state index >= 15 is 0 Å². The first-order valence-electron chi connectivity index (χ1n) is 3.40. The average molecular weight is 167 g/mol. The summed E-state index contributed by atoms with van der Waals surface area (Å²) in [7, 11) is 0. The molecule has 0 unspecified atom stereocenters. The van der Waals surface area contributed by atoms with E-state index in [1.807, 2.05) is 0 Å². The monoisotopic (exact) mass is 166 g/mol. The Labute approximate surface area is 67.2 Å². The summed E-state index contributed by atoms with van der Waals surface area (Å²) in [6, 6.07) is 0. The van der Waals surface area contributed by atoms with E-state index in [1.165, 1.54) is 19.3 Å². The third-order valence-corrected chi connectivity index (χ3v) is 1.00. The molecule has 0 bridgehead atoms. The molecule has 0 heterocycles. The minimum absolute atomic E-state index is 0.827. The van der Waals surface area contributed by atoms with Crippen molar-refractivity contribution in [2.75, 3.05) is 5.88 Å². The fourth-order valence-electron chi connectivity index (χ4n) is 0.344. The summed E-state index contributed by atoms with van der Waals surface area (Å²) >= 11 is 5.38. The van der Waals surface area contributed by atoms with Gasteiger partial charge in [0, 0.05) is 12.8 Å². The quantitative estimate of drug-likeness (QED) is 0.517. The van der Waals surface area contributed by atoms with Gasteiger partial charge in [0.1, 0.15) is 0 Å². The van der Waals surface area contributed by atoms with Crippen LogP contribution in [0.4, 0.5) is 0 Å². The second-order valence-corrected chi connectivity index (χ2v) is 2.29. The number of rotatable bonds is 3. The summed E-state index contributed by atoms with van der Waals surface area (Å²) < 4.78 is 0. The molecule has 0 saturated heterocycles. The molecule has 0 aromatic heterocycles. The molecule has 0 aromatic carbocycles. The van der Waals surface area contributed by atoms with E-state index in [0.717, 1.165) is 12.8 Å². The fraction of sp³-hybridized carbons (Fsp3) is 0.857. The average Bonchev–Trinajstić information content (AvgIpc) is 1.82. The van der Waals surface area contributed by atoms with Crippen molar-refractivity contribution in [2.45, 2.75) is 33.1 Å². The Morgan fingerprint density at radius 1 is 1.50 bits per heavy atom. The van der Waals surface area contributed by atoms with Gasteiger partial charge >= 0.3 is 0 Å². The summed E-state index contributed by atoms with van der Waals surface area (Å²) in [6.45, 7) is 3.26. The predicted molar refractivity (Wildman–Crippen MR) is 43.6 cm³/mol. The van der Waals surface area contributed by atoms with Crippen LogP contribution in [0.3, 0.4) is 0 Å². The van der Waals surface area contributed by atoms with Gasteiger partial charge in [-0.3, -0.25) is 4.79 Å². The Bertz CT molecular complexity index is 66.0. The lowest BCUT2D eigenvalue weighted by Crippen LogP contribution is -1.78. The summed E-state index contributed by atoms with van der Waals surface area (Å²) in [4.78, 5) is 9.00. The Hall–Kier alpha value is -0.240. The molecule has 0 spiro atoms. The molecule has 0 fully saturated rings. The highest BCUT2D eigenvalue weighted by Crippen LogP contribution is 1.93. The third kappa shape index (κ3) is 46.6. The molecule has 10 heavy (non-hydrogen) atoms. The third-order valence-electron chi connectivity index (χ3n) is 0.737. The zero-order valence-electron chi connectivity index (χ0n) is 6.56. The van der Waals surface area contributed by atoms with Crippen LogP contribution < -0.4 is 0 Å². The Kier molecular flexibility index (Phi) is 14.4. The van der Waals surface area contributed by atoms with Gasteiger partial charge in [-0.1, -0.05) is 19.8 Å². The van der Waals surface area contributed by atoms with E-state index in [1.54, 1.807) is 0 Å². The highest BCUT2D eigenvalue weighted by atomic mass is 35.5. The molecule has 0 radical (unpaired) electrons. The van der Waals surface area contributed by atoms with Crippen LogP contribution in [-0.2, 0) is 4.79 Å². The second kappa shape index (κ2) is 11.5. The van der Waals surface area contributed by atoms with Crippen LogP contribution in [-0.4, -0.2) is 17.0 Å². The van der Waals surface area contributed by atoms with E-state index in [0.29, 0.717) is 0 Å². The number of unbranched alkanes of at least 4 members (excludes halogenated alkanes) is 2. The molecule has 0 atom stereocenters. The predicted octanol–water partition coefficient (Wildman–Crippen LogP) is 2.51. The van der Waals surface area contributed by atoms with E-state index in [4.69, 9.17) is 21.5 Å². The number of alkyl halides is 1. The smallest absolute Gasteiger partial charge is 0.300 e. The van der Waals surface area contributed by atoms with Gasteiger partial charge in [-0.15, -0.1) is 11.6 Å². The van der Waals surface area contributed by atoms with Crippen LogP contribution >= 0.6 is 11.6 Å². The van der Waals surface area contributed by atoms with Crippen LogP contribution in [0.15, 0.2) is 0 Å². The topological polar surface area (TPSA) is 37.3 Å². The lowest BCUT2D eigenvalue weighted by atomic mass is 10.3. The highest BCUT2D eigenvalue weighted by Gasteiger charge is 1.76. The first kappa shape index (κ1) is 12.4. The van der Waals surface area contributed by atoms with Crippen LogP contribution in [0.1, 0.15) is 33.1 Å². The Morgan fingerprint density at radius 3 is 2.00 bits per heavy atom. The molecule has 0 aliphatic heterocycles. The lowest BCUT2D eigenvalue weighted by Gasteiger charge is -1.84. The van der Waals surface area contributed by atoms with Gasteiger partial charge in [-0.25, -0.2) is 0 Å². The summed E-state index contributed by atoms with van der Waals surface area (Å²) in [6.07, 6.45) is 3.73. The summed E-state index contributed by atoms with van der Waals surface area (Å²) in [5.74, 6) is -0.00611. The molecule has 62 valence electrons. The number of hydrogen-bond donors (Lipinski definition) is 1. The molecule has 0 rings (SSSR count). The van der Waals surface area contributed by atoms with Gasteiger partial charge in [-0.05, 0) is 6.42 Å². The minimum Gasteiger partial charge on any atom is -0.481 e. The number of carboxylic acids is 1. The molecule has 1 N–H and O–H groups in total. The number of carboxylic acid groups (broad SMARTS) is 1. The summed E-state index contributed by atoms with van der Waals surface area (Å²) in [5, 5.41) is 7.42. The zero-order valence-corrected chi connectivity index (χ0v) is 7.32.